The molecule has 2 amide bonds. The number of nitrogens with zero attached hydrogens (tertiary/aromatic N) is 1. The first-order chi connectivity index (χ1) is 5.25. The molecule has 2 rings (SSSR count). The van der Waals surface area contributed by atoms with Crippen molar-refractivity contribution >= 4 is 18.4 Å². The predicted octanol–water partition coefficient (Wildman–Crippen LogP) is -0.0769. The van der Waals surface area contributed by atoms with Crippen LogP contribution >= 0.6 is 12.4 Å². The number of carbonyl (C=O) groups is 1. The van der Waals surface area contributed by atoms with E-state index >= 15 is 0 Å². The molecule has 0 radical (unpaired) electrons. The Balaban J connectivity index is 0.000000720. The molecule has 0 aromatic rings. The minimum absolute atomic E-state index is 0. The van der Waals surface area contributed by atoms with Crippen molar-refractivity contribution in [3.63, 3.8) is 0 Å². The lowest BCUT2D eigenvalue weighted by Crippen LogP contribution is -2.54. The van der Waals surface area contributed by atoms with Crippen LogP contribution in [-0.2, 0) is 0 Å². The van der Waals surface area contributed by atoms with Crippen LogP contribution in [0, 0.1) is 0 Å². The molecule has 2 fully saturated rings. The molecule has 2 saturated heterocycles. The zero-order chi connectivity index (χ0) is 7.84. The van der Waals surface area contributed by atoms with Crippen LogP contribution in [0.3, 0.4) is 0 Å². The maximum atomic E-state index is 10.8. The number of hydrogen-bond donors (Lipinski definition) is 2. The predicted molar refractivity (Wildman–Crippen MR) is 48.4 cm³/mol. The largest absolute Gasteiger partial charge is 0.351 e. The second-order valence-corrected chi connectivity index (χ2v) is 3.38. The fraction of sp³-hybridized carbons (Fsp3) is 0.857. The van der Waals surface area contributed by atoms with Gasteiger partial charge < -0.3 is 16.0 Å². The Morgan fingerprint density at radius 1 is 1.33 bits per heavy atom. The molecule has 4 nitrogen and oxygen atoms in total. The zero-order valence-electron chi connectivity index (χ0n) is 6.82. The number of hydrogen-bond acceptors (Lipinski definition) is 2. The van der Waals surface area contributed by atoms with Crippen LogP contribution in [0.2, 0.25) is 0 Å². The minimum Gasteiger partial charge on any atom is -0.351 e. The molecule has 3 N–H and O–H groups in total. The second kappa shape index (κ2) is 3.49. The fourth-order valence-corrected chi connectivity index (χ4v) is 1.98. The quantitative estimate of drug-likeness (QED) is 0.563. The highest BCUT2D eigenvalue weighted by Crippen LogP contribution is 2.19. The molecule has 0 spiro atoms. The van der Waals surface area contributed by atoms with Gasteiger partial charge in [0.25, 0.3) is 0 Å². The third-order valence-corrected chi connectivity index (χ3v) is 2.53. The molecular weight excluding hydrogens is 178 g/mol. The molecular formula is C7H14ClN3O. The Kier molecular flexibility index (Phi) is 2.80. The van der Waals surface area contributed by atoms with E-state index in [-0.39, 0.29) is 18.4 Å². The van der Waals surface area contributed by atoms with Crippen molar-refractivity contribution < 1.29 is 4.79 Å². The van der Waals surface area contributed by atoms with Gasteiger partial charge in [0.15, 0.2) is 0 Å². The number of amides is 2. The highest BCUT2D eigenvalue weighted by atomic mass is 35.5. The third-order valence-electron chi connectivity index (χ3n) is 2.53. The van der Waals surface area contributed by atoms with Gasteiger partial charge in [0.1, 0.15) is 0 Å². The lowest BCUT2D eigenvalue weighted by molar-refractivity contribution is 0.184. The summed E-state index contributed by atoms with van der Waals surface area (Å²) in [4.78, 5) is 12.5. The van der Waals surface area contributed by atoms with Crippen LogP contribution in [0.5, 0.6) is 0 Å². The Morgan fingerprint density at radius 2 is 1.83 bits per heavy atom. The SMILES string of the molecule is Cl.NC(=O)N1CC2CCC(C1)N2. The number of carbonyl (C=O) groups excluding carboxylic acids is 1. The van der Waals surface area contributed by atoms with E-state index in [0.717, 1.165) is 13.1 Å². The van der Waals surface area contributed by atoms with E-state index in [2.05, 4.69) is 5.32 Å². The topological polar surface area (TPSA) is 58.4 Å². The zero-order valence-corrected chi connectivity index (χ0v) is 7.64. The molecule has 5 heteroatoms. The Morgan fingerprint density at radius 3 is 2.25 bits per heavy atom. The maximum Gasteiger partial charge on any atom is 0.314 e. The number of nitrogens with two attached hydrogens (primary N) is 1. The van der Waals surface area contributed by atoms with Gasteiger partial charge in [0.05, 0.1) is 0 Å². The molecule has 2 atom stereocenters. The van der Waals surface area contributed by atoms with Crippen LogP contribution < -0.4 is 11.1 Å². The number of rotatable bonds is 0. The first kappa shape index (κ1) is 9.61. The van der Waals surface area contributed by atoms with Gasteiger partial charge in [-0.05, 0) is 12.8 Å². The fourth-order valence-electron chi connectivity index (χ4n) is 1.98. The third kappa shape index (κ3) is 1.64. The molecule has 70 valence electrons. The van der Waals surface area contributed by atoms with Gasteiger partial charge in [-0.15, -0.1) is 12.4 Å². The minimum atomic E-state index is -0.275. The van der Waals surface area contributed by atoms with Gasteiger partial charge in [-0.3, -0.25) is 0 Å². The van der Waals surface area contributed by atoms with E-state index in [0.29, 0.717) is 12.1 Å². The highest BCUT2D eigenvalue weighted by Gasteiger charge is 2.33. The lowest BCUT2D eigenvalue weighted by atomic mass is 10.2. The number of primary amides is 1. The number of urea groups is 1. The average molecular weight is 192 g/mol. The summed E-state index contributed by atoms with van der Waals surface area (Å²) < 4.78 is 0. The van der Waals surface area contributed by atoms with Crippen LogP contribution in [-0.4, -0.2) is 36.1 Å². The summed E-state index contributed by atoms with van der Waals surface area (Å²) in [5.41, 5.74) is 5.18. The lowest BCUT2D eigenvalue weighted by Gasteiger charge is -2.31. The first-order valence-corrected chi connectivity index (χ1v) is 4.06. The molecule has 0 aliphatic carbocycles. The first-order valence-electron chi connectivity index (χ1n) is 4.06. The summed E-state index contributed by atoms with van der Waals surface area (Å²) >= 11 is 0. The van der Waals surface area contributed by atoms with Crippen molar-refractivity contribution in [2.45, 2.75) is 24.9 Å². The number of halogens is 1. The van der Waals surface area contributed by atoms with Crippen molar-refractivity contribution in [3.05, 3.63) is 0 Å². The Bertz CT molecular complexity index is 175. The van der Waals surface area contributed by atoms with E-state index in [1.165, 1.54) is 12.8 Å². The smallest absolute Gasteiger partial charge is 0.314 e. The van der Waals surface area contributed by atoms with E-state index in [1.54, 1.807) is 4.90 Å². The van der Waals surface area contributed by atoms with Crippen molar-refractivity contribution in [1.82, 2.24) is 10.2 Å². The monoisotopic (exact) mass is 191 g/mol. The van der Waals surface area contributed by atoms with E-state index in [9.17, 15) is 4.79 Å². The van der Waals surface area contributed by atoms with Gasteiger partial charge in [0, 0.05) is 25.2 Å². The summed E-state index contributed by atoms with van der Waals surface area (Å²) in [6, 6.07) is 0.728. The highest BCUT2D eigenvalue weighted by molar-refractivity contribution is 5.85. The second-order valence-electron chi connectivity index (χ2n) is 3.38. The van der Waals surface area contributed by atoms with E-state index < -0.39 is 0 Å². The molecule has 0 aromatic carbocycles. The molecule has 0 aromatic heterocycles. The van der Waals surface area contributed by atoms with Crippen LogP contribution in [0.15, 0.2) is 0 Å². The summed E-state index contributed by atoms with van der Waals surface area (Å²) in [6.07, 6.45) is 2.38. The normalized spacial score (nSPS) is 32.8. The van der Waals surface area contributed by atoms with Gasteiger partial charge in [-0.2, -0.15) is 0 Å². The molecule has 2 bridgehead atoms. The molecule has 2 heterocycles. The van der Waals surface area contributed by atoms with Gasteiger partial charge in [-0.25, -0.2) is 4.79 Å². The summed E-state index contributed by atoms with van der Waals surface area (Å²) in [5, 5.41) is 3.43. The summed E-state index contributed by atoms with van der Waals surface area (Å²) in [7, 11) is 0. The van der Waals surface area contributed by atoms with Gasteiger partial charge in [0.2, 0.25) is 0 Å². The van der Waals surface area contributed by atoms with Crippen molar-refractivity contribution in [2.75, 3.05) is 13.1 Å². The Hall–Kier alpha value is -0.480. The van der Waals surface area contributed by atoms with Crippen LogP contribution in [0.25, 0.3) is 0 Å². The summed E-state index contributed by atoms with van der Waals surface area (Å²) in [5.74, 6) is 0. The average Bonchev–Trinajstić information content (AvgIpc) is 2.30. The molecule has 2 aliphatic heterocycles. The number of piperazine rings is 1. The van der Waals surface area contributed by atoms with E-state index in [1.807, 2.05) is 0 Å². The van der Waals surface area contributed by atoms with Crippen molar-refractivity contribution in [2.24, 2.45) is 5.73 Å². The van der Waals surface area contributed by atoms with Crippen molar-refractivity contribution in [3.8, 4) is 0 Å². The maximum absolute atomic E-state index is 10.8. The standard InChI is InChI=1S/C7H13N3O.ClH/c8-7(11)10-3-5-1-2-6(4-10)9-5;/h5-6,9H,1-4H2,(H2,8,11);1H. The van der Waals surface area contributed by atoms with Gasteiger partial charge in [-0.1, -0.05) is 0 Å². The summed E-state index contributed by atoms with van der Waals surface area (Å²) in [6.45, 7) is 1.59. The van der Waals surface area contributed by atoms with Crippen LogP contribution in [0.1, 0.15) is 12.8 Å². The molecule has 2 aliphatic rings. The number of fused-ring (bicyclic) bond motifs is 2. The van der Waals surface area contributed by atoms with E-state index in [4.69, 9.17) is 5.73 Å². The number of likely N-dealkylation sites (tertiary alicyclic amines) is 1. The van der Waals surface area contributed by atoms with Crippen molar-refractivity contribution in [1.29, 1.82) is 0 Å². The molecule has 2 unspecified atom stereocenters. The van der Waals surface area contributed by atoms with Crippen LogP contribution in [0.4, 0.5) is 4.79 Å². The number of nitrogens with one attached hydrogen (secondary N) is 1. The van der Waals surface area contributed by atoms with Gasteiger partial charge >= 0.3 is 6.03 Å². The Labute approximate surface area is 77.9 Å². The molecule has 0 saturated carbocycles. The molecule has 12 heavy (non-hydrogen) atoms.